The Bertz CT molecular complexity index is 541. The second-order valence-corrected chi connectivity index (χ2v) is 5.19. The Morgan fingerprint density at radius 1 is 1.44 bits per heavy atom. The molecule has 0 saturated carbocycles. The zero-order chi connectivity index (χ0) is 12.5. The lowest BCUT2D eigenvalue weighted by molar-refractivity contribution is 0.0769. The summed E-state index contributed by atoms with van der Waals surface area (Å²) in [6, 6.07) is 4.36. The number of ether oxygens (including phenoxy) is 1. The summed E-state index contributed by atoms with van der Waals surface area (Å²) in [7, 11) is 0. The van der Waals surface area contributed by atoms with Crippen molar-refractivity contribution in [2.24, 2.45) is 0 Å². The first-order chi connectivity index (χ1) is 8.77. The number of aromatic nitrogens is 3. The van der Waals surface area contributed by atoms with E-state index in [-0.39, 0.29) is 0 Å². The number of pyridine rings is 1. The van der Waals surface area contributed by atoms with Crippen molar-refractivity contribution in [3.05, 3.63) is 24.2 Å². The maximum atomic E-state index is 5.59. The first-order valence-electron chi connectivity index (χ1n) is 6.68. The number of hydrogen-bond donors (Lipinski definition) is 0. The molecule has 0 radical (unpaired) electrons. The first-order valence-corrected chi connectivity index (χ1v) is 6.68. The van der Waals surface area contributed by atoms with Crippen LogP contribution in [-0.4, -0.2) is 27.7 Å². The molecular formula is C14H19N3O. The summed E-state index contributed by atoms with van der Waals surface area (Å²) in [6.07, 6.45) is 4.12. The van der Waals surface area contributed by atoms with Crippen LogP contribution in [-0.2, 0) is 4.74 Å². The van der Waals surface area contributed by atoms with Crippen LogP contribution in [0.5, 0.6) is 0 Å². The van der Waals surface area contributed by atoms with Crippen molar-refractivity contribution in [2.75, 3.05) is 13.2 Å². The molecule has 0 N–H and O–H groups in total. The summed E-state index contributed by atoms with van der Waals surface area (Å²) in [5, 5.41) is 0. The second kappa shape index (κ2) is 4.69. The zero-order valence-corrected chi connectivity index (χ0v) is 11.0. The average molecular weight is 245 g/mol. The van der Waals surface area contributed by atoms with E-state index < -0.39 is 0 Å². The van der Waals surface area contributed by atoms with E-state index in [1.54, 1.807) is 0 Å². The van der Waals surface area contributed by atoms with Gasteiger partial charge in [-0.2, -0.15) is 0 Å². The van der Waals surface area contributed by atoms with Crippen molar-refractivity contribution in [2.45, 2.75) is 38.6 Å². The maximum absolute atomic E-state index is 5.59. The topological polar surface area (TPSA) is 39.9 Å². The van der Waals surface area contributed by atoms with Gasteiger partial charge >= 0.3 is 0 Å². The number of rotatable bonds is 2. The van der Waals surface area contributed by atoms with Gasteiger partial charge in [0, 0.05) is 24.8 Å². The predicted octanol–water partition coefficient (Wildman–Crippen LogP) is 2.91. The van der Waals surface area contributed by atoms with Crippen molar-refractivity contribution in [1.82, 2.24) is 14.5 Å². The minimum atomic E-state index is 0.377. The van der Waals surface area contributed by atoms with Crippen LogP contribution in [0.1, 0.15) is 44.5 Å². The second-order valence-electron chi connectivity index (χ2n) is 5.19. The van der Waals surface area contributed by atoms with Crippen LogP contribution >= 0.6 is 0 Å². The molecule has 1 fully saturated rings. The van der Waals surface area contributed by atoms with E-state index in [1.165, 1.54) is 0 Å². The Kier molecular flexibility index (Phi) is 3.04. The molecular weight excluding hydrogens is 226 g/mol. The molecule has 1 aliphatic rings. The van der Waals surface area contributed by atoms with Crippen molar-refractivity contribution in [3.8, 4) is 0 Å². The van der Waals surface area contributed by atoms with E-state index in [2.05, 4.69) is 23.4 Å². The normalized spacial score (nSPS) is 20.7. The first kappa shape index (κ1) is 11.7. The predicted molar refractivity (Wildman–Crippen MR) is 70.7 cm³/mol. The maximum Gasteiger partial charge on any atom is 0.160 e. The van der Waals surface area contributed by atoms with Gasteiger partial charge in [-0.05, 0) is 38.8 Å². The fraction of sp³-hybridized carbons (Fsp3) is 0.571. The molecule has 1 saturated heterocycles. The molecule has 96 valence electrons. The minimum Gasteiger partial charge on any atom is -0.381 e. The van der Waals surface area contributed by atoms with Crippen LogP contribution in [0.15, 0.2) is 18.3 Å². The monoisotopic (exact) mass is 245 g/mol. The van der Waals surface area contributed by atoms with Crippen LogP contribution in [0.4, 0.5) is 0 Å². The summed E-state index contributed by atoms with van der Waals surface area (Å²) >= 11 is 0. The van der Waals surface area contributed by atoms with Crippen LogP contribution < -0.4 is 0 Å². The van der Waals surface area contributed by atoms with Gasteiger partial charge in [0.05, 0.1) is 6.61 Å². The molecule has 3 rings (SSSR count). The zero-order valence-electron chi connectivity index (χ0n) is 11.0. The lowest BCUT2D eigenvalue weighted by Gasteiger charge is -2.23. The fourth-order valence-electron chi connectivity index (χ4n) is 2.69. The van der Waals surface area contributed by atoms with Gasteiger partial charge in [0.1, 0.15) is 11.3 Å². The quantitative estimate of drug-likeness (QED) is 0.816. The van der Waals surface area contributed by atoms with E-state index in [1.807, 2.05) is 18.3 Å². The van der Waals surface area contributed by atoms with Crippen LogP contribution in [0, 0.1) is 0 Å². The van der Waals surface area contributed by atoms with E-state index in [9.17, 15) is 0 Å². The molecule has 18 heavy (non-hydrogen) atoms. The number of nitrogens with zero attached hydrogens (tertiary/aromatic N) is 3. The molecule has 1 aliphatic heterocycles. The smallest absolute Gasteiger partial charge is 0.160 e. The third-order valence-corrected chi connectivity index (χ3v) is 3.52. The molecule has 1 atom stereocenters. The molecule has 3 heterocycles. The van der Waals surface area contributed by atoms with Gasteiger partial charge in [-0.1, -0.05) is 0 Å². The third-order valence-electron chi connectivity index (χ3n) is 3.52. The summed E-state index contributed by atoms with van der Waals surface area (Å²) in [4.78, 5) is 9.26. The molecule has 2 aromatic rings. The van der Waals surface area contributed by atoms with Crippen molar-refractivity contribution >= 4 is 11.2 Å². The fourth-order valence-corrected chi connectivity index (χ4v) is 2.69. The molecule has 0 amide bonds. The Hall–Kier alpha value is -1.42. The summed E-state index contributed by atoms with van der Waals surface area (Å²) in [6.45, 7) is 6.04. The van der Waals surface area contributed by atoms with Gasteiger partial charge in [-0.15, -0.1) is 0 Å². The largest absolute Gasteiger partial charge is 0.381 e. The lowest BCUT2D eigenvalue weighted by atomic mass is 10.0. The SMILES string of the molecule is CC(C)n1c(C2CCCOC2)nc2cccnc21. The highest BCUT2D eigenvalue weighted by molar-refractivity contribution is 5.71. The lowest BCUT2D eigenvalue weighted by Crippen LogP contribution is -2.20. The van der Waals surface area contributed by atoms with E-state index in [4.69, 9.17) is 9.72 Å². The Balaban J connectivity index is 2.11. The van der Waals surface area contributed by atoms with E-state index in [0.29, 0.717) is 12.0 Å². The Morgan fingerprint density at radius 2 is 2.33 bits per heavy atom. The van der Waals surface area contributed by atoms with E-state index >= 15 is 0 Å². The minimum absolute atomic E-state index is 0.377. The van der Waals surface area contributed by atoms with Gasteiger partial charge in [0.25, 0.3) is 0 Å². The highest BCUT2D eigenvalue weighted by Gasteiger charge is 2.24. The molecule has 2 aromatic heterocycles. The van der Waals surface area contributed by atoms with Gasteiger partial charge in [-0.25, -0.2) is 9.97 Å². The van der Waals surface area contributed by atoms with Crippen LogP contribution in [0.25, 0.3) is 11.2 Å². The van der Waals surface area contributed by atoms with Gasteiger partial charge in [0.15, 0.2) is 5.65 Å². The standard InChI is InChI=1S/C14H19N3O/c1-10(2)17-13(11-5-4-8-18-9-11)16-12-6-3-7-15-14(12)17/h3,6-7,10-11H,4-5,8-9H2,1-2H3. The van der Waals surface area contributed by atoms with Crippen LogP contribution in [0.2, 0.25) is 0 Å². The number of imidazole rings is 1. The molecule has 0 bridgehead atoms. The van der Waals surface area contributed by atoms with Crippen molar-refractivity contribution < 1.29 is 4.74 Å². The average Bonchev–Trinajstić information content (AvgIpc) is 2.79. The van der Waals surface area contributed by atoms with Gasteiger partial charge in [-0.3, -0.25) is 0 Å². The van der Waals surface area contributed by atoms with Crippen molar-refractivity contribution in [1.29, 1.82) is 0 Å². The molecule has 1 unspecified atom stereocenters. The number of fused-ring (bicyclic) bond motifs is 1. The van der Waals surface area contributed by atoms with E-state index in [0.717, 1.165) is 43.0 Å². The third kappa shape index (κ3) is 1.90. The van der Waals surface area contributed by atoms with Crippen molar-refractivity contribution in [3.63, 3.8) is 0 Å². The molecule has 0 aromatic carbocycles. The molecule has 4 heteroatoms. The highest BCUT2D eigenvalue weighted by Crippen LogP contribution is 2.29. The van der Waals surface area contributed by atoms with Gasteiger partial charge in [0.2, 0.25) is 0 Å². The summed E-state index contributed by atoms with van der Waals surface area (Å²) in [5.74, 6) is 1.55. The summed E-state index contributed by atoms with van der Waals surface area (Å²) < 4.78 is 7.85. The van der Waals surface area contributed by atoms with Gasteiger partial charge < -0.3 is 9.30 Å². The molecule has 0 aliphatic carbocycles. The van der Waals surface area contributed by atoms with Crippen LogP contribution in [0.3, 0.4) is 0 Å². The summed E-state index contributed by atoms with van der Waals surface area (Å²) in [5.41, 5.74) is 1.99. The Morgan fingerprint density at radius 3 is 3.06 bits per heavy atom. The Labute approximate surface area is 107 Å². The molecule has 4 nitrogen and oxygen atoms in total. The number of hydrogen-bond acceptors (Lipinski definition) is 3. The highest BCUT2D eigenvalue weighted by atomic mass is 16.5. The molecule has 0 spiro atoms.